The van der Waals surface area contributed by atoms with Crippen molar-refractivity contribution in [3.63, 3.8) is 0 Å². The molecule has 0 aliphatic rings. The molecule has 0 unspecified atom stereocenters. The molecule has 1 heterocycles. The van der Waals surface area contributed by atoms with Gasteiger partial charge in [0.05, 0.1) is 11.8 Å². The Balaban J connectivity index is 1.43. The van der Waals surface area contributed by atoms with Gasteiger partial charge in [-0.2, -0.15) is 0 Å². The third-order valence-electron chi connectivity index (χ3n) is 4.71. The zero-order chi connectivity index (χ0) is 23.8. The standard InChI is InChI=1S/C24H28N2O5S2/c1-18(2)31-22-10-6-19(7-11-22)14-15-25-23(27)17-30-21-12-8-20(9-13-21)26(3)33(28,29)24-5-4-16-32-24/h4-13,16,18H,14-15,17H2,1-3H3,(H,25,27). The highest BCUT2D eigenvalue weighted by Gasteiger charge is 2.22. The van der Waals surface area contributed by atoms with E-state index in [1.165, 1.54) is 22.7 Å². The van der Waals surface area contributed by atoms with Crippen molar-refractivity contribution in [2.24, 2.45) is 0 Å². The fourth-order valence-corrected chi connectivity index (χ4v) is 5.35. The second-order valence-corrected chi connectivity index (χ2v) is 10.7. The van der Waals surface area contributed by atoms with E-state index in [1.54, 1.807) is 41.8 Å². The third kappa shape index (κ3) is 6.97. The van der Waals surface area contributed by atoms with Crippen molar-refractivity contribution in [2.75, 3.05) is 24.5 Å². The quantitative estimate of drug-likeness (QED) is 0.439. The number of hydrogen-bond acceptors (Lipinski definition) is 6. The summed E-state index contributed by atoms with van der Waals surface area (Å²) in [6.07, 6.45) is 0.833. The largest absolute Gasteiger partial charge is 0.491 e. The van der Waals surface area contributed by atoms with Crippen molar-refractivity contribution in [3.05, 3.63) is 71.6 Å². The number of sulfonamides is 1. The van der Waals surface area contributed by atoms with Crippen LogP contribution in [0.2, 0.25) is 0 Å². The molecule has 0 spiro atoms. The first-order valence-electron chi connectivity index (χ1n) is 10.5. The molecule has 2 aromatic carbocycles. The van der Waals surface area contributed by atoms with Crippen LogP contribution >= 0.6 is 11.3 Å². The normalized spacial score (nSPS) is 11.3. The Labute approximate surface area is 199 Å². The molecular formula is C24H28N2O5S2. The average Bonchev–Trinajstić information content (AvgIpc) is 3.34. The Morgan fingerprint density at radius 3 is 2.30 bits per heavy atom. The van der Waals surface area contributed by atoms with Crippen LogP contribution in [0.1, 0.15) is 19.4 Å². The van der Waals surface area contributed by atoms with Crippen molar-refractivity contribution in [3.8, 4) is 11.5 Å². The Kier molecular flexibility index (Phi) is 8.35. The summed E-state index contributed by atoms with van der Waals surface area (Å²) in [7, 11) is -2.09. The molecule has 0 bridgehead atoms. The van der Waals surface area contributed by atoms with E-state index in [4.69, 9.17) is 9.47 Å². The lowest BCUT2D eigenvalue weighted by molar-refractivity contribution is -0.123. The van der Waals surface area contributed by atoms with Crippen LogP contribution in [0.25, 0.3) is 0 Å². The van der Waals surface area contributed by atoms with Gasteiger partial charge in [-0.3, -0.25) is 9.10 Å². The van der Waals surface area contributed by atoms with Crippen molar-refractivity contribution in [2.45, 2.75) is 30.6 Å². The lowest BCUT2D eigenvalue weighted by Gasteiger charge is -2.18. The molecule has 0 saturated heterocycles. The average molecular weight is 489 g/mol. The van der Waals surface area contributed by atoms with Gasteiger partial charge in [0, 0.05) is 13.6 Å². The number of nitrogens with one attached hydrogen (secondary N) is 1. The predicted octanol–water partition coefficient (Wildman–Crippen LogP) is 4.10. The highest BCUT2D eigenvalue weighted by atomic mass is 32.2. The Hall–Kier alpha value is -3.04. The van der Waals surface area contributed by atoms with E-state index in [1.807, 2.05) is 38.1 Å². The molecule has 3 rings (SSSR count). The lowest BCUT2D eigenvalue weighted by Crippen LogP contribution is -2.30. The van der Waals surface area contributed by atoms with Crippen LogP contribution in [-0.2, 0) is 21.2 Å². The first kappa shape index (κ1) is 24.6. The highest BCUT2D eigenvalue weighted by Crippen LogP contribution is 2.26. The topological polar surface area (TPSA) is 84.9 Å². The van der Waals surface area contributed by atoms with Crippen molar-refractivity contribution in [1.82, 2.24) is 5.32 Å². The second-order valence-electron chi connectivity index (χ2n) is 7.60. The maximum Gasteiger partial charge on any atom is 0.273 e. The number of amides is 1. The van der Waals surface area contributed by atoms with E-state index in [0.717, 1.165) is 11.3 Å². The van der Waals surface area contributed by atoms with E-state index in [0.29, 0.717) is 24.4 Å². The summed E-state index contributed by atoms with van der Waals surface area (Å²) in [4.78, 5) is 12.1. The van der Waals surface area contributed by atoms with Gasteiger partial charge in [0.25, 0.3) is 15.9 Å². The molecule has 0 radical (unpaired) electrons. The maximum absolute atomic E-state index is 12.6. The maximum atomic E-state index is 12.6. The summed E-state index contributed by atoms with van der Waals surface area (Å²) in [6, 6.07) is 17.7. The monoisotopic (exact) mass is 488 g/mol. The lowest BCUT2D eigenvalue weighted by atomic mass is 10.1. The van der Waals surface area contributed by atoms with Gasteiger partial charge >= 0.3 is 0 Å². The molecule has 0 fully saturated rings. The van der Waals surface area contributed by atoms with E-state index >= 15 is 0 Å². The molecule has 9 heteroatoms. The Morgan fingerprint density at radius 2 is 1.70 bits per heavy atom. The number of carbonyl (C=O) groups excluding carboxylic acids is 1. The number of ether oxygens (including phenoxy) is 2. The van der Waals surface area contributed by atoms with Gasteiger partial charge in [-0.15, -0.1) is 11.3 Å². The number of benzene rings is 2. The van der Waals surface area contributed by atoms with Crippen LogP contribution in [0.4, 0.5) is 5.69 Å². The second kappa shape index (κ2) is 11.2. The van der Waals surface area contributed by atoms with Crippen molar-refractivity contribution in [1.29, 1.82) is 0 Å². The van der Waals surface area contributed by atoms with E-state index in [9.17, 15) is 13.2 Å². The summed E-state index contributed by atoms with van der Waals surface area (Å²) in [5.74, 6) is 1.08. The SMILES string of the molecule is CC(C)Oc1ccc(CCNC(=O)COc2ccc(N(C)S(=O)(=O)c3cccs3)cc2)cc1. The number of rotatable bonds is 11. The fourth-order valence-electron chi connectivity index (χ4n) is 2.99. The van der Waals surface area contributed by atoms with Gasteiger partial charge in [-0.25, -0.2) is 8.42 Å². The summed E-state index contributed by atoms with van der Waals surface area (Å²) in [6.45, 7) is 4.34. The molecular weight excluding hydrogens is 460 g/mol. The highest BCUT2D eigenvalue weighted by molar-refractivity contribution is 7.94. The number of thiophene rings is 1. The Morgan fingerprint density at radius 1 is 1.03 bits per heavy atom. The minimum absolute atomic E-state index is 0.121. The number of anilines is 1. The summed E-state index contributed by atoms with van der Waals surface area (Å²) >= 11 is 1.17. The molecule has 0 aliphatic carbocycles. The van der Waals surface area contributed by atoms with Gasteiger partial charge in [-0.05, 0) is 73.7 Å². The van der Waals surface area contributed by atoms with Gasteiger partial charge in [0.1, 0.15) is 15.7 Å². The van der Waals surface area contributed by atoms with Crippen molar-refractivity contribution >= 4 is 33.0 Å². The molecule has 0 aliphatic heterocycles. The first-order chi connectivity index (χ1) is 15.8. The van der Waals surface area contributed by atoms with Gasteiger partial charge in [0.15, 0.2) is 6.61 Å². The van der Waals surface area contributed by atoms with Crippen LogP contribution in [0.3, 0.4) is 0 Å². The molecule has 1 amide bonds. The van der Waals surface area contributed by atoms with Crippen LogP contribution in [0.5, 0.6) is 11.5 Å². The molecule has 33 heavy (non-hydrogen) atoms. The number of hydrogen-bond donors (Lipinski definition) is 1. The van der Waals surface area contributed by atoms with E-state index in [-0.39, 0.29) is 22.8 Å². The van der Waals surface area contributed by atoms with Crippen LogP contribution in [0.15, 0.2) is 70.3 Å². The van der Waals surface area contributed by atoms with Crippen LogP contribution < -0.4 is 19.1 Å². The molecule has 176 valence electrons. The van der Waals surface area contributed by atoms with E-state index in [2.05, 4.69) is 5.32 Å². The minimum atomic E-state index is -3.59. The molecule has 3 aromatic rings. The fraction of sp³-hybridized carbons (Fsp3) is 0.292. The molecule has 0 saturated carbocycles. The summed E-state index contributed by atoms with van der Waals surface area (Å²) < 4.78 is 37.8. The smallest absolute Gasteiger partial charge is 0.273 e. The minimum Gasteiger partial charge on any atom is -0.491 e. The third-order valence-corrected chi connectivity index (χ3v) is 7.87. The van der Waals surface area contributed by atoms with Gasteiger partial charge in [0.2, 0.25) is 0 Å². The molecule has 1 aromatic heterocycles. The van der Waals surface area contributed by atoms with Crippen molar-refractivity contribution < 1.29 is 22.7 Å². The zero-order valence-electron chi connectivity index (χ0n) is 18.9. The Bertz CT molecular complexity index is 1130. The summed E-state index contributed by atoms with van der Waals surface area (Å²) in [5.41, 5.74) is 1.61. The first-order valence-corrected chi connectivity index (χ1v) is 12.9. The molecule has 1 N–H and O–H groups in total. The van der Waals surface area contributed by atoms with Gasteiger partial charge in [-0.1, -0.05) is 18.2 Å². The van der Waals surface area contributed by atoms with Crippen LogP contribution in [0, 0.1) is 0 Å². The molecule has 0 atom stereocenters. The number of carbonyl (C=O) groups is 1. The van der Waals surface area contributed by atoms with Crippen LogP contribution in [-0.4, -0.2) is 40.6 Å². The van der Waals surface area contributed by atoms with Gasteiger partial charge < -0.3 is 14.8 Å². The zero-order valence-corrected chi connectivity index (χ0v) is 20.5. The number of nitrogens with zero attached hydrogens (tertiary/aromatic N) is 1. The van der Waals surface area contributed by atoms with E-state index < -0.39 is 10.0 Å². The predicted molar refractivity (Wildman–Crippen MR) is 131 cm³/mol. The molecule has 7 nitrogen and oxygen atoms in total. The summed E-state index contributed by atoms with van der Waals surface area (Å²) in [5, 5.41) is 4.56.